The van der Waals surface area contributed by atoms with Gasteiger partial charge in [-0.05, 0) is 55.0 Å². The van der Waals surface area contributed by atoms with Gasteiger partial charge in [-0.25, -0.2) is 9.69 Å². The molecule has 3 aromatic rings. The lowest BCUT2D eigenvalue weighted by molar-refractivity contribution is 0.0976. The number of hydrogen-bond donors (Lipinski definition) is 0. The zero-order valence-electron chi connectivity index (χ0n) is 15.1. The largest absolute Gasteiger partial charge is 0.452 e. The van der Waals surface area contributed by atoms with Crippen LogP contribution in [0.3, 0.4) is 0 Å². The van der Waals surface area contributed by atoms with E-state index in [0.717, 1.165) is 10.5 Å². The van der Waals surface area contributed by atoms with Gasteiger partial charge in [0.15, 0.2) is 0 Å². The minimum Gasteiger partial charge on any atom is -0.452 e. The molecule has 5 nitrogen and oxygen atoms in total. The SMILES string of the molecule is COC(=O)N(C(=O)c1ccc(C)cc1Cl)c1ccc(Cl)c(-c2ccccn2)c1. The normalized spacial score (nSPS) is 10.4. The van der Waals surface area contributed by atoms with Crippen molar-refractivity contribution in [2.45, 2.75) is 6.92 Å². The number of imide groups is 1. The summed E-state index contributed by atoms with van der Waals surface area (Å²) in [6.45, 7) is 1.86. The third-order valence-corrected chi connectivity index (χ3v) is 4.71. The van der Waals surface area contributed by atoms with Crippen molar-refractivity contribution in [2.24, 2.45) is 0 Å². The fourth-order valence-corrected chi connectivity index (χ4v) is 3.21. The van der Waals surface area contributed by atoms with Gasteiger partial charge in [0.1, 0.15) is 0 Å². The zero-order valence-corrected chi connectivity index (χ0v) is 16.7. The molecule has 0 unspecified atom stereocenters. The van der Waals surface area contributed by atoms with Gasteiger partial charge in [-0.3, -0.25) is 9.78 Å². The van der Waals surface area contributed by atoms with E-state index in [4.69, 9.17) is 27.9 Å². The number of aryl methyl sites for hydroxylation is 1. The Morgan fingerprint density at radius 2 is 1.79 bits per heavy atom. The average Bonchev–Trinajstić information content (AvgIpc) is 2.69. The van der Waals surface area contributed by atoms with Crippen LogP contribution >= 0.6 is 23.2 Å². The second-order valence-corrected chi connectivity index (χ2v) is 6.79. The van der Waals surface area contributed by atoms with Gasteiger partial charge < -0.3 is 4.74 Å². The van der Waals surface area contributed by atoms with Crippen LogP contribution in [0.1, 0.15) is 15.9 Å². The van der Waals surface area contributed by atoms with Crippen LogP contribution in [0.2, 0.25) is 10.0 Å². The van der Waals surface area contributed by atoms with Crippen LogP contribution in [-0.2, 0) is 4.74 Å². The first kappa shape index (κ1) is 19.9. The maximum Gasteiger partial charge on any atom is 0.421 e. The van der Waals surface area contributed by atoms with Crippen LogP contribution in [0.15, 0.2) is 60.8 Å². The van der Waals surface area contributed by atoms with Crippen LogP contribution in [0.4, 0.5) is 10.5 Å². The molecule has 0 aliphatic carbocycles. The number of rotatable bonds is 3. The summed E-state index contributed by atoms with van der Waals surface area (Å²) in [5.74, 6) is -0.605. The molecule has 0 bridgehead atoms. The quantitative estimate of drug-likeness (QED) is 0.544. The molecule has 142 valence electrons. The average molecular weight is 415 g/mol. The Bertz CT molecular complexity index is 1040. The van der Waals surface area contributed by atoms with E-state index in [1.165, 1.54) is 7.11 Å². The van der Waals surface area contributed by atoms with E-state index in [9.17, 15) is 9.59 Å². The summed E-state index contributed by atoms with van der Waals surface area (Å²) >= 11 is 12.5. The van der Waals surface area contributed by atoms with Crippen LogP contribution in [0.5, 0.6) is 0 Å². The highest BCUT2D eigenvalue weighted by Gasteiger charge is 2.28. The van der Waals surface area contributed by atoms with Gasteiger partial charge in [0.25, 0.3) is 5.91 Å². The molecule has 28 heavy (non-hydrogen) atoms. The summed E-state index contributed by atoms with van der Waals surface area (Å²) in [6.07, 6.45) is 0.795. The minimum absolute atomic E-state index is 0.187. The molecular formula is C21H16Cl2N2O3. The van der Waals surface area contributed by atoms with Crippen LogP contribution in [-0.4, -0.2) is 24.1 Å². The summed E-state index contributed by atoms with van der Waals surface area (Å²) in [5.41, 5.74) is 2.57. The van der Waals surface area contributed by atoms with Crippen LogP contribution in [0, 0.1) is 6.92 Å². The second-order valence-electron chi connectivity index (χ2n) is 5.97. The standard InChI is InChI=1S/C21H16Cl2N2O3/c1-13-6-8-15(18(23)11-13)20(26)25(21(27)28-2)14-7-9-17(22)16(12-14)19-5-3-4-10-24-19/h3-12H,1-2H3. The lowest BCUT2D eigenvalue weighted by atomic mass is 10.1. The molecule has 0 N–H and O–H groups in total. The van der Waals surface area contributed by atoms with Crippen LogP contribution < -0.4 is 4.90 Å². The van der Waals surface area contributed by atoms with Crippen molar-refractivity contribution in [1.82, 2.24) is 4.98 Å². The second kappa shape index (κ2) is 8.42. The topological polar surface area (TPSA) is 59.5 Å². The number of carbonyl (C=O) groups excluding carboxylic acids is 2. The van der Waals surface area contributed by atoms with E-state index in [-0.39, 0.29) is 10.6 Å². The monoisotopic (exact) mass is 414 g/mol. The summed E-state index contributed by atoms with van der Waals surface area (Å²) < 4.78 is 4.82. The fraction of sp³-hybridized carbons (Fsp3) is 0.0952. The van der Waals surface area contributed by atoms with Crippen molar-refractivity contribution >= 4 is 40.9 Å². The minimum atomic E-state index is -0.837. The number of carbonyl (C=O) groups is 2. The first-order valence-corrected chi connectivity index (χ1v) is 9.07. The van der Waals surface area contributed by atoms with Crippen LogP contribution in [0.25, 0.3) is 11.3 Å². The Labute approximate surface area is 172 Å². The Morgan fingerprint density at radius 3 is 2.43 bits per heavy atom. The maximum absolute atomic E-state index is 13.1. The Kier molecular flexibility index (Phi) is 5.97. The molecule has 0 atom stereocenters. The molecule has 0 spiro atoms. The van der Waals surface area contributed by atoms with Crippen molar-refractivity contribution in [3.05, 3.63) is 82.0 Å². The van der Waals surface area contributed by atoms with E-state index in [1.807, 2.05) is 13.0 Å². The highest BCUT2D eigenvalue weighted by Crippen LogP contribution is 2.32. The summed E-state index contributed by atoms with van der Waals surface area (Å²) in [4.78, 5) is 30.7. The third kappa shape index (κ3) is 4.01. The molecule has 7 heteroatoms. The molecule has 0 radical (unpaired) electrons. The smallest absolute Gasteiger partial charge is 0.421 e. The molecule has 3 rings (SSSR count). The molecule has 0 fully saturated rings. The van der Waals surface area contributed by atoms with Gasteiger partial charge in [-0.2, -0.15) is 0 Å². The van der Waals surface area contributed by atoms with Crippen molar-refractivity contribution < 1.29 is 14.3 Å². The van der Waals surface area contributed by atoms with Gasteiger partial charge in [-0.15, -0.1) is 0 Å². The maximum atomic E-state index is 13.1. The lowest BCUT2D eigenvalue weighted by Gasteiger charge is -2.21. The molecule has 0 aliphatic heterocycles. The van der Waals surface area contributed by atoms with E-state index >= 15 is 0 Å². The molecular weight excluding hydrogens is 399 g/mol. The number of methoxy groups -OCH3 is 1. The number of hydrogen-bond acceptors (Lipinski definition) is 4. The van der Waals surface area contributed by atoms with E-state index in [0.29, 0.717) is 22.0 Å². The van der Waals surface area contributed by atoms with E-state index in [1.54, 1.807) is 54.7 Å². The molecule has 1 heterocycles. The molecule has 1 aromatic heterocycles. The summed E-state index contributed by atoms with van der Waals surface area (Å²) in [7, 11) is 1.20. The van der Waals surface area contributed by atoms with E-state index in [2.05, 4.69) is 4.98 Å². The van der Waals surface area contributed by atoms with Crippen molar-refractivity contribution in [3.8, 4) is 11.3 Å². The van der Waals surface area contributed by atoms with Crippen molar-refractivity contribution in [2.75, 3.05) is 12.0 Å². The number of ether oxygens (including phenoxy) is 1. The molecule has 0 aliphatic rings. The van der Waals surface area contributed by atoms with Gasteiger partial charge >= 0.3 is 6.09 Å². The zero-order chi connectivity index (χ0) is 20.3. The van der Waals surface area contributed by atoms with Gasteiger partial charge in [-0.1, -0.05) is 35.3 Å². The highest BCUT2D eigenvalue weighted by molar-refractivity contribution is 6.36. The number of halogens is 2. The number of nitrogens with zero attached hydrogens (tertiary/aromatic N) is 2. The lowest BCUT2D eigenvalue weighted by Crippen LogP contribution is -2.37. The molecule has 2 aromatic carbocycles. The Morgan fingerprint density at radius 1 is 1.00 bits per heavy atom. The summed E-state index contributed by atoms with van der Waals surface area (Å²) in [6, 6.07) is 15.1. The fourth-order valence-electron chi connectivity index (χ4n) is 2.68. The molecule has 2 amide bonds. The van der Waals surface area contributed by atoms with Crippen molar-refractivity contribution in [3.63, 3.8) is 0 Å². The number of benzene rings is 2. The number of anilines is 1. The van der Waals surface area contributed by atoms with Gasteiger partial charge in [0.05, 0.1) is 34.1 Å². The molecule has 0 saturated carbocycles. The third-order valence-electron chi connectivity index (χ3n) is 4.06. The number of amides is 2. The summed E-state index contributed by atoms with van der Waals surface area (Å²) in [5, 5.41) is 0.686. The highest BCUT2D eigenvalue weighted by atomic mass is 35.5. The first-order chi connectivity index (χ1) is 13.4. The predicted molar refractivity (Wildman–Crippen MR) is 110 cm³/mol. The number of pyridine rings is 1. The number of aromatic nitrogens is 1. The predicted octanol–water partition coefficient (Wildman–Crippen LogP) is 5.78. The first-order valence-electron chi connectivity index (χ1n) is 8.32. The Hall–Kier alpha value is -2.89. The van der Waals surface area contributed by atoms with Gasteiger partial charge in [0.2, 0.25) is 0 Å². The Balaban J connectivity index is 2.10. The van der Waals surface area contributed by atoms with Gasteiger partial charge in [0, 0.05) is 11.8 Å². The van der Waals surface area contributed by atoms with E-state index < -0.39 is 12.0 Å². The van der Waals surface area contributed by atoms with Crippen molar-refractivity contribution in [1.29, 1.82) is 0 Å². The molecule has 0 saturated heterocycles.